The predicted molar refractivity (Wildman–Crippen MR) is 113 cm³/mol. The molecule has 0 fully saturated rings. The molecule has 2 aromatic carbocycles. The molecule has 1 aliphatic rings. The van der Waals surface area contributed by atoms with Crippen LogP contribution in [0.1, 0.15) is 37.5 Å². The lowest BCUT2D eigenvalue weighted by molar-refractivity contribution is -0.145. The van der Waals surface area contributed by atoms with Crippen LogP contribution in [0.4, 0.5) is 0 Å². The number of aryl methyl sites for hydroxylation is 1. The normalized spacial score (nSPS) is 13.5. The minimum absolute atomic E-state index is 0.0564. The smallest absolute Gasteiger partial charge is 0.349 e. The number of carboxylic acids is 1. The highest BCUT2D eigenvalue weighted by molar-refractivity contribution is 7.89. The van der Waals surface area contributed by atoms with E-state index in [2.05, 4.69) is 4.83 Å². The van der Waals surface area contributed by atoms with Gasteiger partial charge in [-0.05, 0) is 42.3 Å². The summed E-state index contributed by atoms with van der Waals surface area (Å²) in [5, 5.41) is 10.6. The monoisotopic (exact) mass is 464 g/mol. The van der Waals surface area contributed by atoms with Gasteiger partial charge in [0, 0.05) is 19.5 Å². The van der Waals surface area contributed by atoms with Crippen LogP contribution in [0, 0.1) is 0 Å². The molecule has 2 N–H and O–H groups in total. The average Bonchev–Trinajstić information content (AvgIpc) is 3.20. The molecule has 172 valence electrons. The van der Waals surface area contributed by atoms with Crippen molar-refractivity contribution in [1.29, 1.82) is 0 Å². The number of hydrogen-bond acceptors (Lipinski definition) is 7. The van der Waals surface area contributed by atoms with Crippen molar-refractivity contribution in [2.45, 2.75) is 37.7 Å². The maximum atomic E-state index is 12.6. The SMILES string of the molecule is CCCc1cc(S(=O)(=O)NN(C)C(C)=O)ccc1OC(C(=O)O)c1ccc2c(c1)OCO2. The number of nitrogens with zero attached hydrogens (tertiary/aromatic N) is 1. The number of carbonyl (C=O) groups is 2. The Balaban J connectivity index is 1.92. The van der Waals surface area contributed by atoms with Crippen molar-refractivity contribution in [2.75, 3.05) is 13.8 Å². The summed E-state index contributed by atoms with van der Waals surface area (Å²) in [6.07, 6.45) is -0.221. The molecule has 11 heteroatoms. The third-order valence-corrected chi connectivity index (χ3v) is 6.15. The summed E-state index contributed by atoms with van der Waals surface area (Å²) in [6.45, 7) is 3.18. The number of aliphatic carboxylic acids is 1. The van der Waals surface area contributed by atoms with Gasteiger partial charge in [-0.2, -0.15) is 0 Å². The van der Waals surface area contributed by atoms with Gasteiger partial charge in [0.25, 0.3) is 10.0 Å². The number of hydrogen-bond donors (Lipinski definition) is 2. The summed E-state index contributed by atoms with van der Waals surface area (Å²) in [5.41, 5.74) is 0.874. The average molecular weight is 464 g/mol. The zero-order valence-electron chi connectivity index (χ0n) is 17.8. The molecule has 32 heavy (non-hydrogen) atoms. The van der Waals surface area contributed by atoms with Gasteiger partial charge in [-0.3, -0.25) is 9.80 Å². The lowest BCUT2D eigenvalue weighted by Gasteiger charge is -2.20. The van der Waals surface area contributed by atoms with Crippen molar-refractivity contribution in [3.8, 4) is 17.2 Å². The lowest BCUT2D eigenvalue weighted by atomic mass is 10.1. The minimum atomic E-state index is -4.01. The van der Waals surface area contributed by atoms with Crippen molar-refractivity contribution in [3.05, 3.63) is 47.5 Å². The van der Waals surface area contributed by atoms with E-state index in [9.17, 15) is 23.1 Å². The molecule has 0 bridgehead atoms. The number of rotatable bonds is 9. The molecule has 0 saturated carbocycles. The van der Waals surface area contributed by atoms with Crippen molar-refractivity contribution in [3.63, 3.8) is 0 Å². The first-order chi connectivity index (χ1) is 15.1. The molecule has 0 spiro atoms. The summed E-state index contributed by atoms with van der Waals surface area (Å²) in [6, 6.07) is 8.84. The molecule has 1 heterocycles. The minimum Gasteiger partial charge on any atom is -0.478 e. The second-order valence-electron chi connectivity index (χ2n) is 7.14. The molecule has 1 unspecified atom stereocenters. The zero-order chi connectivity index (χ0) is 23.5. The molecule has 1 amide bonds. The number of sulfonamides is 1. The lowest BCUT2D eigenvalue weighted by Crippen LogP contribution is -2.42. The van der Waals surface area contributed by atoms with Crippen molar-refractivity contribution < 1.29 is 37.3 Å². The Kier molecular flexibility index (Phi) is 6.90. The first-order valence-corrected chi connectivity index (χ1v) is 11.3. The summed E-state index contributed by atoms with van der Waals surface area (Å²) < 4.78 is 41.6. The molecule has 0 saturated heterocycles. The largest absolute Gasteiger partial charge is 0.478 e. The van der Waals surface area contributed by atoms with Gasteiger partial charge in [0.1, 0.15) is 5.75 Å². The van der Waals surface area contributed by atoms with E-state index < -0.39 is 28.0 Å². The van der Waals surface area contributed by atoms with E-state index in [1.54, 1.807) is 18.2 Å². The molecule has 0 radical (unpaired) electrons. The topological polar surface area (TPSA) is 131 Å². The fourth-order valence-electron chi connectivity index (χ4n) is 3.06. The van der Waals surface area contributed by atoms with Crippen LogP contribution in [0.2, 0.25) is 0 Å². The van der Waals surface area contributed by atoms with Gasteiger partial charge < -0.3 is 19.3 Å². The molecule has 0 aromatic heterocycles. The van der Waals surface area contributed by atoms with E-state index in [4.69, 9.17) is 14.2 Å². The van der Waals surface area contributed by atoms with Gasteiger partial charge in [0.05, 0.1) is 4.90 Å². The van der Waals surface area contributed by atoms with Crippen LogP contribution in [0.25, 0.3) is 0 Å². The number of amides is 1. The summed E-state index contributed by atoms with van der Waals surface area (Å²) in [7, 11) is -2.71. The van der Waals surface area contributed by atoms with Crippen molar-refractivity contribution >= 4 is 21.9 Å². The number of carbonyl (C=O) groups excluding carboxylic acids is 1. The highest BCUT2D eigenvalue weighted by Crippen LogP contribution is 2.36. The van der Waals surface area contributed by atoms with E-state index >= 15 is 0 Å². The zero-order valence-corrected chi connectivity index (χ0v) is 18.6. The van der Waals surface area contributed by atoms with Crippen LogP contribution in [0.5, 0.6) is 17.2 Å². The summed E-state index contributed by atoms with van der Waals surface area (Å²) in [5.74, 6) is -0.505. The second-order valence-corrected chi connectivity index (χ2v) is 8.80. The number of nitrogens with one attached hydrogen (secondary N) is 1. The Morgan fingerprint density at radius 2 is 1.91 bits per heavy atom. The highest BCUT2D eigenvalue weighted by Gasteiger charge is 2.27. The van der Waals surface area contributed by atoms with Crippen LogP contribution in [-0.2, 0) is 26.0 Å². The first-order valence-electron chi connectivity index (χ1n) is 9.81. The molecule has 1 aliphatic heterocycles. The Bertz CT molecular complexity index is 1130. The molecule has 2 aromatic rings. The molecule has 0 aliphatic carbocycles. The van der Waals surface area contributed by atoms with Gasteiger partial charge >= 0.3 is 5.97 Å². The van der Waals surface area contributed by atoms with E-state index in [-0.39, 0.29) is 17.4 Å². The van der Waals surface area contributed by atoms with E-state index in [1.807, 2.05) is 6.92 Å². The van der Waals surface area contributed by atoms with Gasteiger partial charge in [0.2, 0.25) is 18.8 Å². The fraction of sp³-hybridized carbons (Fsp3) is 0.333. The Morgan fingerprint density at radius 3 is 2.56 bits per heavy atom. The number of benzene rings is 2. The standard InChI is InChI=1S/C21H24N2O8S/c1-4-5-14-10-16(32(27,28)22-23(3)13(2)24)7-9-17(14)31-20(21(25)26)15-6-8-18-19(11-15)30-12-29-18/h6-11,20,22H,4-5,12H2,1-3H3,(H,25,26). The van der Waals surface area contributed by atoms with Crippen LogP contribution in [0.3, 0.4) is 0 Å². The van der Waals surface area contributed by atoms with Crippen LogP contribution < -0.4 is 19.0 Å². The predicted octanol–water partition coefficient (Wildman–Crippen LogP) is 2.24. The third kappa shape index (κ3) is 5.11. The Labute approximate surface area is 185 Å². The van der Waals surface area contributed by atoms with Gasteiger partial charge in [-0.1, -0.05) is 19.4 Å². The second kappa shape index (κ2) is 9.45. The number of fused-ring (bicyclic) bond motifs is 1. The van der Waals surface area contributed by atoms with E-state index in [0.717, 1.165) is 5.01 Å². The molecule has 1 atom stereocenters. The van der Waals surface area contributed by atoms with E-state index in [1.165, 1.54) is 32.2 Å². The van der Waals surface area contributed by atoms with E-state index in [0.29, 0.717) is 35.5 Å². The van der Waals surface area contributed by atoms with Crippen LogP contribution in [-0.4, -0.2) is 44.3 Å². The highest BCUT2D eigenvalue weighted by atomic mass is 32.2. The molecule has 10 nitrogen and oxygen atoms in total. The van der Waals surface area contributed by atoms with Crippen molar-refractivity contribution in [2.24, 2.45) is 0 Å². The Morgan fingerprint density at radius 1 is 1.19 bits per heavy atom. The maximum Gasteiger partial charge on any atom is 0.349 e. The summed E-state index contributed by atoms with van der Waals surface area (Å²) in [4.78, 5) is 25.4. The van der Waals surface area contributed by atoms with Crippen molar-refractivity contribution in [1.82, 2.24) is 9.84 Å². The van der Waals surface area contributed by atoms with Gasteiger partial charge in [-0.15, -0.1) is 4.83 Å². The van der Waals surface area contributed by atoms with Gasteiger partial charge in [0.15, 0.2) is 11.5 Å². The Hall–Kier alpha value is -3.31. The number of carboxylic acid groups (broad SMARTS) is 1. The summed E-state index contributed by atoms with van der Waals surface area (Å²) >= 11 is 0. The molecular weight excluding hydrogens is 440 g/mol. The number of ether oxygens (including phenoxy) is 3. The molecular formula is C21H24N2O8S. The van der Waals surface area contributed by atoms with Crippen LogP contribution in [0.15, 0.2) is 41.3 Å². The van der Waals surface area contributed by atoms with Gasteiger partial charge in [-0.25, -0.2) is 13.2 Å². The molecule has 3 rings (SSSR count). The fourth-order valence-corrected chi connectivity index (χ4v) is 4.20. The third-order valence-electron chi connectivity index (χ3n) is 4.76. The quantitative estimate of drug-likeness (QED) is 0.540. The maximum absolute atomic E-state index is 12.6. The number of hydrazine groups is 1. The van der Waals surface area contributed by atoms with Crippen LogP contribution >= 0.6 is 0 Å². The first kappa shape index (κ1) is 23.4.